The van der Waals surface area contributed by atoms with Crippen LogP contribution in [0.5, 0.6) is 0 Å². The summed E-state index contributed by atoms with van der Waals surface area (Å²) in [5, 5.41) is 10.5. The number of benzene rings is 1. The maximum atomic E-state index is 11.1. The van der Waals surface area contributed by atoms with E-state index in [0.717, 1.165) is 0 Å². The lowest BCUT2D eigenvalue weighted by atomic mass is 10.1. The summed E-state index contributed by atoms with van der Waals surface area (Å²) >= 11 is 0. The van der Waals surface area contributed by atoms with Crippen molar-refractivity contribution in [1.82, 2.24) is 9.97 Å². The van der Waals surface area contributed by atoms with E-state index in [-0.39, 0.29) is 17.3 Å². The van der Waals surface area contributed by atoms with E-state index >= 15 is 0 Å². The zero-order valence-corrected chi connectivity index (χ0v) is 9.61. The fraction of sp³-hybridized carbons (Fsp3) is 0. The lowest BCUT2D eigenvalue weighted by molar-refractivity contribution is -0.384. The molecule has 0 aliphatic rings. The van der Waals surface area contributed by atoms with Crippen molar-refractivity contribution < 1.29 is 9.72 Å². The molecule has 8 heteroatoms. The summed E-state index contributed by atoms with van der Waals surface area (Å²) in [6, 6.07) is 7.05. The van der Waals surface area contributed by atoms with Gasteiger partial charge in [0.05, 0.1) is 10.6 Å². The Morgan fingerprint density at radius 2 is 1.84 bits per heavy atom. The number of nitro groups is 1. The first-order valence-electron chi connectivity index (χ1n) is 5.16. The van der Waals surface area contributed by atoms with Crippen molar-refractivity contribution in [3.63, 3.8) is 0 Å². The van der Waals surface area contributed by atoms with E-state index in [2.05, 4.69) is 9.97 Å². The molecule has 0 spiro atoms. The van der Waals surface area contributed by atoms with Gasteiger partial charge in [-0.15, -0.1) is 0 Å². The van der Waals surface area contributed by atoms with Crippen molar-refractivity contribution in [1.29, 1.82) is 0 Å². The van der Waals surface area contributed by atoms with Crippen molar-refractivity contribution in [2.24, 2.45) is 5.73 Å². The van der Waals surface area contributed by atoms with Gasteiger partial charge in [-0.05, 0) is 18.2 Å². The highest BCUT2D eigenvalue weighted by Gasteiger charge is 2.10. The van der Waals surface area contributed by atoms with Gasteiger partial charge in [-0.3, -0.25) is 14.9 Å². The van der Waals surface area contributed by atoms with Crippen molar-refractivity contribution in [2.75, 3.05) is 5.73 Å². The van der Waals surface area contributed by atoms with Crippen LogP contribution in [0.1, 0.15) is 10.5 Å². The molecule has 4 N–H and O–H groups in total. The molecule has 19 heavy (non-hydrogen) atoms. The molecule has 96 valence electrons. The molecule has 0 atom stereocenters. The molecule has 0 unspecified atom stereocenters. The molecule has 0 saturated heterocycles. The Kier molecular flexibility index (Phi) is 3.06. The minimum Gasteiger partial charge on any atom is -0.368 e. The van der Waals surface area contributed by atoms with Crippen LogP contribution in [-0.4, -0.2) is 20.8 Å². The van der Waals surface area contributed by atoms with Gasteiger partial charge in [0, 0.05) is 17.7 Å². The molecule has 0 radical (unpaired) electrons. The van der Waals surface area contributed by atoms with E-state index in [1.54, 1.807) is 0 Å². The largest absolute Gasteiger partial charge is 0.368 e. The smallest absolute Gasteiger partial charge is 0.269 e. The Morgan fingerprint density at radius 1 is 1.21 bits per heavy atom. The highest BCUT2D eigenvalue weighted by atomic mass is 16.6. The molecule has 1 aromatic heterocycles. The minimum atomic E-state index is -0.725. The number of aromatic nitrogens is 2. The predicted molar refractivity (Wildman–Crippen MR) is 67.1 cm³/mol. The van der Waals surface area contributed by atoms with Gasteiger partial charge in [-0.25, -0.2) is 9.97 Å². The number of nitrogen functional groups attached to an aromatic ring is 1. The Hall–Kier alpha value is -3.03. The Morgan fingerprint density at radius 3 is 2.37 bits per heavy atom. The van der Waals surface area contributed by atoms with Gasteiger partial charge in [-0.1, -0.05) is 0 Å². The highest BCUT2D eigenvalue weighted by molar-refractivity contribution is 5.92. The van der Waals surface area contributed by atoms with Gasteiger partial charge in [0.25, 0.3) is 11.6 Å². The lowest BCUT2D eigenvalue weighted by Crippen LogP contribution is -2.15. The number of carbonyl (C=O) groups excluding carboxylic acids is 1. The Labute approximate surface area is 107 Å². The SMILES string of the molecule is NC(=O)c1cc(-c2ccc([N+](=O)[O-])cc2)nc(N)n1. The third-order valence-corrected chi connectivity index (χ3v) is 2.37. The molecule has 1 heterocycles. The molecule has 0 fully saturated rings. The monoisotopic (exact) mass is 259 g/mol. The van der Waals surface area contributed by atoms with E-state index < -0.39 is 10.8 Å². The quantitative estimate of drug-likeness (QED) is 0.615. The summed E-state index contributed by atoms with van der Waals surface area (Å²) in [5.41, 5.74) is 11.5. The average molecular weight is 259 g/mol. The summed E-state index contributed by atoms with van der Waals surface area (Å²) in [6.07, 6.45) is 0. The fourth-order valence-electron chi connectivity index (χ4n) is 1.49. The number of hydrogen-bond acceptors (Lipinski definition) is 6. The van der Waals surface area contributed by atoms with E-state index in [1.807, 2.05) is 0 Å². The standard InChI is InChI=1S/C11H9N5O3/c12-10(17)9-5-8(14-11(13)15-9)6-1-3-7(4-2-6)16(18)19/h1-5H,(H2,12,17)(H2,13,14,15). The Bertz CT molecular complexity index is 654. The van der Waals surface area contributed by atoms with Crippen LogP contribution >= 0.6 is 0 Å². The number of rotatable bonds is 3. The number of nitrogens with two attached hydrogens (primary N) is 2. The molecule has 0 saturated carbocycles. The normalized spacial score (nSPS) is 10.1. The Balaban J connectivity index is 2.46. The summed E-state index contributed by atoms with van der Waals surface area (Å²) < 4.78 is 0. The maximum Gasteiger partial charge on any atom is 0.269 e. The van der Waals surface area contributed by atoms with Crippen LogP contribution in [0.4, 0.5) is 11.6 Å². The van der Waals surface area contributed by atoms with Crippen molar-refractivity contribution in [2.45, 2.75) is 0 Å². The molecule has 0 aliphatic heterocycles. The number of amides is 1. The summed E-state index contributed by atoms with van der Waals surface area (Å²) in [5.74, 6) is -0.818. The molecule has 8 nitrogen and oxygen atoms in total. The number of nitrogens with zero attached hydrogens (tertiary/aromatic N) is 3. The molecule has 0 aliphatic carbocycles. The van der Waals surface area contributed by atoms with Crippen LogP contribution in [0.3, 0.4) is 0 Å². The topological polar surface area (TPSA) is 138 Å². The van der Waals surface area contributed by atoms with E-state index in [4.69, 9.17) is 11.5 Å². The predicted octanol–water partition coefficient (Wildman–Crippen LogP) is 0.733. The van der Waals surface area contributed by atoms with Gasteiger partial charge in [0.2, 0.25) is 5.95 Å². The van der Waals surface area contributed by atoms with Gasteiger partial charge < -0.3 is 11.5 Å². The molecule has 2 rings (SSSR count). The van der Waals surface area contributed by atoms with Crippen LogP contribution in [0.2, 0.25) is 0 Å². The second-order valence-electron chi connectivity index (χ2n) is 3.66. The van der Waals surface area contributed by atoms with E-state index in [9.17, 15) is 14.9 Å². The molecule has 0 bridgehead atoms. The summed E-state index contributed by atoms with van der Waals surface area (Å²) in [4.78, 5) is 28.7. The minimum absolute atomic E-state index is 0.0131. The molecule has 1 amide bonds. The van der Waals surface area contributed by atoms with Crippen molar-refractivity contribution >= 4 is 17.5 Å². The molecular weight excluding hydrogens is 250 g/mol. The van der Waals surface area contributed by atoms with Crippen LogP contribution in [0.25, 0.3) is 11.3 Å². The fourth-order valence-corrected chi connectivity index (χ4v) is 1.49. The van der Waals surface area contributed by atoms with Crippen molar-refractivity contribution in [3.8, 4) is 11.3 Å². The summed E-state index contributed by atoms with van der Waals surface area (Å²) in [6.45, 7) is 0. The number of anilines is 1. The van der Waals surface area contributed by atoms with Crippen LogP contribution in [-0.2, 0) is 0 Å². The molecular formula is C11H9N5O3. The lowest BCUT2D eigenvalue weighted by Gasteiger charge is -2.03. The summed E-state index contributed by atoms with van der Waals surface area (Å²) in [7, 11) is 0. The van der Waals surface area contributed by atoms with Gasteiger partial charge >= 0.3 is 0 Å². The maximum absolute atomic E-state index is 11.1. The zero-order chi connectivity index (χ0) is 14.0. The van der Waals surface area contributed by atoms with Gasteiger partial charge in [0.1, 0.15) is 5.69 Å². The van der Waals surface area contributed by atoms with E-state index in [0.29, 0.717) is 11.3 Å². The number of non-ortho nitro benzene ring substituents is 1. The first-order valence-corrected chi connectivity index (χ1v) is 5.16. The number of hydrogen-bond donors (Lipinski definition) is 2. The van der Waals surface area contributed by atoms with Crippen LogP contribution < -0.4 is 11.5 Å². The number of carbonyl (C=O) groups is 1. The zero-order valence-electron chi connectivity index (χ0n) is 9.61. The number of primary amides is 1. The third-order valence-electron chi connectivity index (χ3n) is 2.37. The first-order chi connectivity index (χ1) is 8.97. The third kappa shape index (κ3) is 2.63. The van der Waals surface area contributed by atoms with Crippen LogP contribution in [0.15, 0.2) is 30.3 Å². The molecule has 1 aromatic carbocycles. The van der Waals surface area contributed by atoms with Crippen LogP contribution in [0, 0.1) is 10.1 Å². The molecule has 2 aromatic rings. The number of nitro benzene ring substituents is 1. The average Bonchev–Trinajstić information content (AvgIpc) is 2.38. The second kappa shape index (κ2) is 4.69. The van der Waals surface area contributed by atoms with Gasteiger partial charge in [-0.2, -0.15) is 0 Å². The highest BCUT2D eigenvalue weighted by Crippen LogP contribution is 2.21. The first kappa shape index (κ1) is 12.4. The van der Waals surface area contributed by atoms with Crippen molar-refractivity contribution in [3.05, 3.63) is 46.1 Å². The van der Waals surface area contributed by atoms with Gasteiger partial charge in [0.15, 0.2) is 0 Å². The van der Waals surface area contributed by atoms with E-state index in [1.165, 1.54) is 30.3 Å². The second-order valence-corrected chi connectivity index (χ2v) is 3.66.